The van der Waals surface area contributed by atoms with Gasteiger partial charge in [-0.25, -0.2) is 0 Å². The average molecular weight is 372 g/mol. The first-order chi connectivity index (χ1) is 10.8. The van der Waals surface area contributed by atoms with E-state index in [2.05, 4.69) is 45.5 Å². The Morgan fingerprint density at radius 3 is 2.82 bits per heavy atom. The fraction of sp³-hybridized carbons (Fsp3) is 0.647. The summed E-state index contributed by atoms with van der Waals surface area (Å²) in [5, 5.41) is 3.42. The van der Waals surface area contributed by atoms with E-state index >= 15 is 0 Å². The van der Waals surface area contributed by atoms with Gasteiger partial charge in [0.05, 0.1) is 19.3 Å². The Bertz CT molecular complexity index is 424. The lowest BCUT2D eigenvalue weighted by molar-refractivity contribution is -0.115. The second-order valence-electron chi connectivity index (χ2n) is 5.65. The number of piperidine rings is 1. The van der Waals surface area contributed by atoms with Crippen molar-refractivity contribution in [2.75, 3.05) is 40.2 Å². The molecule has 1 fully saturated rings. The van der Waals surface area contributed by atoms with Crippen molar-refractivity contribution in [1.29, 1.82) is 0 Å². The van der Waals surface area contributed by atoms with E-state index < -0.39 is 0 Å². The molecule has 0 spiro atoms. The number of methoxy groups -OCH3 is 1. The molecule has 1 atom stereocenters. The molecule has 1 N–H and O–H groups in total. The third-order valence-electron chi connectivity index (χ3n) is 4.03. The third-order valence-corrected chi connectivity index (χ3v) is 4.53. The van der Waals surface area contributed by atoms with Gasteiger partial charge in [0.15, 0.2) is 0 Å². The number of hydrogen-bond donors (Lipinski definition) is 1. The Balaban J connectivity index is 1.88. The topological polar surface area (TPSA) is 39.7 Å². The summed E-state index contributed by atoms with van der Waals surface area (Å²) in [6.07, 6.45) is 3.46. The van der Waals surface area contributed by atoms with E-state index in [1.807, 2.05) is 0 Å². The molecular formula is C17H26BrNO3. The van der Waals surface area contributed by atoms with Gasteiger partial charge in [-0.05, 0) is 56.0 Å². The first-order valence-electron chi connectivity index (χ1n) is 7.93. The minimum Gasteiger partial charge on any atom is -0.382 e. The van der Waals surface area contributed by atoms with Crippen molar-refractivity contribution in [2.24, 2.45) is 5.92 Å². The van der Waals surface area contributed by atoms with E-state index in [1.165, 1.54) is 5.56 Å². The fourth-order valence-electron chi connectivity index (χ4n) is 2.81. The molecule has 5 heteroatoms. The van der Waals surface area contributed by atoms with Crippen molar-refractivity contribution in [1.82, 2.24) is 5.32 Å². The minimum absolute atomic E-state index is 0.207. The van der Waals surface area contributed by atoms with Gasteiger partial charge in [0.2, 0.25) is 0 Å². The number of nitrogens with one attached hydrogen (secondary N) is 1. The normalized spacial score (nSPS) is 17.5. The monoisotopic (exact) mass is 371 g/mol. The molecule has 0 saturated carbocycles. The van der Waals surface area contributed by atoms with E-state index in [9.17, 15) is 0 Å². The van der Waals surface area contributed by atoms with Gasteiger partial charge in [-0.15, -0.1) is 0 Å². The maximum atomic E-state index is 6.05. The van der Waals surface area contributed by atoms with Crippen molar-refractivity contribution in [3.8, 4) is 0 Å². The van der Waals surface area contributed by atoms with Crippen LogP contribution in [0.2, 0.25) is 0 Å². The van der Waals surface area contributed by atoms with Gasteiger partial charge in [0, 0.05) is 11.6 Å². The van der Waals surface area contributed by atoms with Crippen LogP contribution in [0.4, 0.5) is 0 Å². The molecule has 4 nitrogen and oxygen atoms in total. The van der Waals surface area contributed by atoms with Crippen LogP contribution >= 0.6 is 15.9 Å². The molecular weight excluding hydrogens is 346 g/mol. The maximum Gasteiger partial charge on any atom is 0.147 e. The summed E-state index contributed by atoms with van der Waals surface area (Å²) in [5.41, 5.74) is 1.30. The highest BCUT2D eigenvalue weighted by atomic mass is 79.9. The van der Waals surface area contributed by atoms with Crippen molar-refractivity contribution in [3.05, 3.63) is 34.3 Å². The van der Waals surface area contributed by atoms with Crippen molar-refractivity contribution < 1.29 is 14.2 Å². The van der Waals surface area contributed by atoms with Crippen molar-refractivity contribution >= 4 is 15.9 Å². The van der Waals surface area contributed by atoms with Gasteiger partial charge in [-0.2, -0.15) is 0 Å². The zero-order valence-electron chi connectivity index (χ0n) is 13.2. The van der Waals surface area contributed by atoms with Crippen LogP contribution < -0.4 is 5.32 Å². The maximum absolute atomic E-state index is 6.05. The summed E-state index contributed by atoms with van der Waals surface area (Å²) in [6.45, 7) is 3.67. The average Bonchev–Trinajstić information content (AvgIpc) is 2.54. The van der Waals surface area contributed by atoms with E-state index in [0.717, 1.165) is 36.8 Å². The molecule has 1 aliphatic heterocycles. The summed E-state index contributed by atoms with van der Waals surface area (Å²) >= 11 is 3.54. The second kappa shape index (κ2) is 10.3. The second-order valence-corrected chi connectivity index (χ2v) is 6.56. The van der Waals surface area contributed by atoms with Crippen LogP contribution in [0.15, 0.2) is 28.7 Å². The highest BCUT2D eigenvalue weighted by molar-refractivity contribution is 9.10. The number of rotatable bonds is 9. The lowest BCUT2D eigenvalue weighted by Gasteiger charge is -2.30. The summed E-state index contributed by atoms with van der Waals surface area (Å²) in [7, 11) is 1.68. The molecule has 2 rings (SSSR count). The van der Waals surface area contributed by atoms with Gasteiger partial charge in [0.25, 0.3) is 0 Å². The van der Waals surface area contributed by atoms with E-state index in [-0.39, 0.29) is 6.10 Å². The van der Waals surface area contributed by atoms with Gasteiger partial charge >= 0.3 is 0 Å². The van der Waals surface area contributed by atoms with Gasteiger partial charge < -0.3 is 19.5 Å². The Hall–Kier alpha value is -0.460. The number of benzene rings is 1. The molecule has 0 aliphatic carbocycles. The summed E-state index contributed by atoms with van der Waals surface area (Å²) in [4.78, 5) is 0. The molecule has 1 aromatic rings. The first kappa shape index (κ1) is 17.9. The van der Waals surface area contributed by atoms with Crippen LogP contribution in [0.5, 0.6) is 0 Å². The highest BCUT2D eigenvalue weighted by Crippen LogP contribution is 2.23. The van der Waals surface area contributed by atoms with E-state index in [0.29, 0.717) is 25.9 Å². The molecule has 1 aromatic carbocycles. The Morgan fingerprint density at radius 1 is 1.27 bits per heavy atom. The zero-order valence-corrected chi connectivity index (χ0v) is 14.8. The van der Waals surface area contributed by atoms with E-state index in [1.54, 1.807) is 7.11 Å². The first-order valence-corrected chi connectivity index (χ1v) is 8.72. The van der Waals surface area contributed by atoms with Crippen LogP contribution in [-0.2, 0) is 20.6 Å². The lowest BCUT2D eigenvalue weighted by atomic mass is 9.88. The van der Waals surface area contributed by atoms with Crippen LogP contribution in [0, 0.1) is 5.92 Å². The summed E-state index contributed by atoms with van der Waals surface area (Å²) in [6, 6.07) is 8.46. The fourth-order valence-corrected chi connectivity index (χ4v) is 3.26. The van der Waals surface area contributed by atoms with Gasteiger partial charge in [0.1, 0.15) is 6.79 Å². The van der Waals surface area contributed by atoms with Crippen molar-refractivity contribution in [2.45, 2.75) is 25.4 Å². The quantitative estimate of drug-likeness (QED) is 0.535. The summed E-state index contributed by atoms with van der Waals surface area (Å²) in [5.74, 6) is 0.589. The highest BCUT2D eigenvalue weighted by Gasteiger charge is 2.24. The molecule has 0 amide bonds. The van der Waals surface area contributed by atoms with Crippen LogP contribution in [-0.4, -0.2) is 46.3 Å². The molecule has 22 heavy (non-hydrogen) atoms. The number of hydrogen-bond acceptors (Lipinski definition) is 4. The number of halogens is 1. The Labute approximate surface area is 141 Å². The lowest BCUT2D eigenvalue weighted by Crippen LogP contribution is -2.37. The molecule has 1 heterocycles. The van der Waals surface area contributed by atoms with Crippen LogP contribution in [0.3, 0.4) is 0 Å². The van der Waals surface area contributed by atoms with E-state index in [4.69, 9.17) is 14.2 Å². The third kappa shape index (κ3) is 6.34. The Kier molecular flexibility index (Phi) is 8.41. The van der Waals surface area contributed by atoms with Crippen molar-refractivity contribution in [3.63, 3.8) is 0 Å². The minimum atomic E-state index is 0.207. The zero-order chi connectivity index (χ0) is 15.6. The van der Waals surface area contributed by atoms with Gasteiger partial charge in [-0.3, -0.25) is 0 Å². The number of ether oxygens (including phenoxy) is 3. The molecule has 0 radical (unpaired) electrons. The smallest absolute Gasteiger partial charge is 0.147 e. The standard InChI is InChI=1S/C17H26BrNO3/c1-20-9-10-21-13-22-17(15-5-7-19-8-6-15)12-14-3-2-4-16(18)11-14/h2-4,11,15,17,19H,5-10,12-13H2,1H3. The molecule has 124 valence electrons. The predicted octanol–water partition coefficient (Wildman–Crippen LogP) is 3.00. The predicted molar refractivity (Wildman–Crippen MR) is 91.0 cm³/mol. The molecule has 0 aromatic heterocycles. The van der Waals surface area contributed by atoms with Crippen LogP contribution in [0.25, 0.3) is 0 Å². The van der Waals surface area contributed by atoms with Crippen LogP contribution in [0.1, 0.15) is 18.4 Å². The Morgan fingerprint density at radius 2 is 2.09 bits per heavy atom. The summed E-state index contributed by atoms with van der Waals surface area (Å²) < 4.78 is 17.6. The van der Waals surface area contributed by atoms with Gasteiger partial charge in [-0.1, -0.05) is 28.1 Å². The SMILES string of the molecule is COCCOCOC(Cc1cccc(Br)c1)C1CCNCC1. The molecule has 0 bridgehead atoms. The molecule has 1 saturated heterocycles. The largest absolute Gasteiger partial charge is 0.382 e. The molecule has 1 aliphatic rings. The molecule has 1 unspecified atom stereocenters.